The minimum atomic E-state index is 0.689. The van der Waals surface area contributed by atoms with E-state index in [2.05, 4.69) is 120 Å². The van der Waals surface area contributed by atoms with E-state index < -0.39 is 0 Å². The van der Waals surface area contributed by atoms with E-state index in [1.165, 1.54) is 55.8 Å². The van der Waals surface area contributed by atoms with Crippen LogP contribution in [0, 0.1) is 11.8 Å². The van der Waals surface area contributed by atoms with Gasteiger partial charge in [0.25, 0.3) is 0 Å². The third-order valence-corrected chi connectivity index (χ3v) is 7.05. The number of hydrogen-bond donors (Lipinski definition) is 0. The van der Waals surface area contributed by atoms with Crippen LogP contribution in [0.15, 0.2) is 121 Å². The van der Waals surface area contributed by atoms with Gasteiger partial charge < -0.3 is 4.90 Å². The van der Waals surface area contributed by atoms with Crippen molar-refractivity contribution >= 4 is 43.7 Å². The molecule has 2 unspecified atom stereocenters. The first-order valence-corrected chi connectivity index (χ1v) is 11.5. The Hall–Kier alpha value is -3.84. The predicted octanol–water partition coefficient (Wildman–Crippen LogP) is 8.37. The molecule has 7 rings (SSSR count). The summed E-state index contributed by atoms with van der Waals surface area (Å²) in [6.07, 6.45) is 8.48. The molecule has 2 aliphatic carbocycles. The molecule has 1 saturated carbocycles. The van der Waals surface area contributed by atoms with Crippen LogP contribution in [-0.2, 0) is 0 Å². The van der Waals surface area contributed by atoms with E-state index >= 15 is 0 Å². The van der Waals surface area contributed by atoms with Crippen molar-refractivity contribution in [2.24, 2.45) is 11.8 Å². The summed E-state index contributed by atoms with van der Waals surface area (Å²) in [5, 5.41) is 7.79. The number of hydrogen-bond acceptors (Lipinski definition) is 1. The Morgan fingerprint density at radius 3 is 2.16 bits per heavy atom. The van der Waals surface area contributed by atoms with Gasteiger partial charge >= 0.3 is 0 Å². The summed E-state index contributed by atoms with van der Waals surface area (Å²) >= 11 is 0. The molecule has 152 valence electrons. The molecule has 0 heterocycles. The highest BCUT2D eigenvalue weighted by atomic mass is 15.1. The molecule has 0 radical (unpaired) electrons. The largest absolute Gasteiger partial charge is 0.310 e. The molecule has 0 saturated heterocycles. The van der Waals surface area contributed by atoms with Crippen LogP contribution in [0.4, 0.5) is 11.4 Å². The van der Waals surface area contributed by atoms with Gasteiger partial charge in [0.15, 0.2) is 0 Å². The monoisotopic (exact) mass is 409 g/mol. The fourth-order valence-corrected chi connectivity index (χ4v) is 5.33. The summed E-state index contributed by atoms with van der Waals surface area (Å²) < 4.78 is 0. The predicted molar refractivity (Wildman–Crippen MR) is 136 cm³/mol. The molecular formula is C31H23N. The quantitative estimate of drug-likeness (QED) is 0.271. The minimum absolute atomic E-state index is 0.689. The van der Waals surface area contributed by atoms with Gasteiger partial charge in [0, 0.05) is 16.8 Å². The zero-order valence-corrected chi connectivity index (χ0v) is 17.8. The number of nitrogens with zero attached hydrogens (tertiary/aromatic N) is 1. The molecule has 0 spiro atoms. The van der Waals surface area contributed by atoms with Gasteiger partial charge in [0.05, 0.1) is 5.69 Å². The van der Waals surface area contributed by atoms with E-state index in [0.717, 1.165) is 5.92 Å². The van der Waals surface area contributed by atoms with Crippen LogP contribution < -0.4 is 4.90 Å². The Kier molecular flexibility index (Phi) is 3.80. The van der Waals surface area contributed by atoms with Crippen LogP contribution in [0.2, 0.25) is 0 Å². The number of rotatable bonds is 3. The number of anilines is 2. The summed E-state index contributed by atoms with van der Waals surface area (Å²) in [6, 6.07) is 35.3. The van der Waals surface area contributed by atoms with Gasteiger partial charge in [-0.15, -0.1) is 0 Å². The molecule has 0 aliphatic heterocycles. The summed E-state index contributed by atoms with van der Waals surface area (Å²) in [4.78, 5) is 2.45. The Morgan fingerprint density at radius 1 is 0.594 bits per heavy atom. The smallest absolute Gasteiger partial charge is 0.0546 e. The SMILES string of the molecule is C1=CC2CC2C=C1N(c1ccccc1)c1cc2c3ccccc3ccc2c2ccccc12. The second-order valence-electron chi connectivity index (χ2n) is 9.01. The average molecular weight is 410 g/mol. The highest BCUT2D eigenvalue weighted by Gasteiger charge is 2.36. The van der Waals surface area contributed by atoms with Gasteiger partial charge in [-0.05, 0) is 69.5 Å². The van der Waals surface area contributed by atoms with Crippen LogP contribution in [0.3, 0.4) is 0 Å². The van der Waals surface area contributed by atoms with E-state index in [1.54, 1.807) is 0 Å². The van der Waals surface area contributed by atoms with E-state index in [4.69, 9.17) is 0 Å². The number of allylic oxidation sites excluding steroid dienone is 3. The maximum absolute atomic E-state index is 2.47. The summed E-state index contributed by atoms with van der Waals surface area (Å²) in [5.41, 5.74) is 3.72. The number of benzene rings is 5. The fraction of sp³-hybridized carbons (Fsp3) is 0.0968. The Morgan fingerprint density at radius 2 is 1.31 bits per heavy atom. The van der Waals surface area contributed by atoms with Crippen molar-refractivity contribution in [3.8, 4) is 0 Å². The van der Waals surface area contributed by atoms with Crippen molar-refractivity contribution in [1.82, 2.24) is 0 Å². The topological polar surface area (TPSA) is 3.24 Å². The summed E-state index contributed by atoms with van der Waals surface area (Å²) in [5.74, 6) is 1.43. The lowest BCUT2D eigenvalue weighted by molar-refractivity contribution is 0.951. The molecule has 5 aromatic carbocycles. The molecule has 2 aliphatic rings. The molecule has 1 heteroatoms. The summed E-state index contributed by atoms with van der Waals surface area (Å²) in [6.45, 7) is 0. The van der Waals surface area contributed by atoms with Crippen LogP contribution >= 0.6 is 0 Å². The lowest BCUT2D eigenvalue weighted by Crippen LogP contribution is -2.17. The Balaban J connectivity index is 1.59. The first kappa shape index (κ1) is 17.8. The van der Waals surface area contributed by atoms with E-state index in [-0.39, 0.29) is 0 Å². The second-order valence-corrected chi connectivity index (χ2v) is 9.01. The van der Waals surface area contributed by atoms with Gasteiger partial charge in [0.1, 0.15) is 0 Å². The van der Waals surface area contributed by atoms with E-state index in [9.17, 15) is 0 Å². The van der Waals surface area contributed by atoms with Crippen LogP contribution in [0.5, 0.6) is 0 Å². The molecular weight excluding hydrogens is 386 g/mol. The van der Waals surface area contributed by atoms with Gasteiger partial charge in [-0.25, -0.2) is 0 Å². The molecule has 32 heavy (non-hydrogen) atoms. The molecule has 0 amide bonds. The fourth-order valence-electron chi connectivity index (χ4n) is 5.33. The highest BCUT2D eigenvalue weighted by molar-refractivity contribution is 6.21. The first-order valence-electron chi connectivity index (χ1n) is 11.5. The van der Waals surface area contributed by atoms with Gasteiger partial charge in [0.2, 0.25) is 0 Å². The van der Waals surface area contributed by atoms with Crippen molar-refractivity contribution in [1.29, 1.82) is 0 Å². The number of para-hydroxylation sites is 1. The standard InChI is InChI=1S/C31H23N/c1-2-9-24(10-3-1)32(25-16-14-22-18-23(22)19-25)31-20-30-26-11-5-4-8-21(26)15-17-28(30)27-12-6-7-13-29(27)31/h1-17,19-20,22-23H,18H2. The van der Waals surface area contributed by atoms with Crippen LogP contribution in [0.25, 0.3) is 32.3 Å². The van der Waals surface area contributed by atoms with Gasteiger partial charge in [-0.3, -0.25) is 0 Å². The average Bonchev–Trinajstić information content (AvgIpc) is 3.64. The van der Waals surface area contributed by atoms with Crippen molar-refractivity contribution in [2.45, 2.75) is 6.42 Å². The van der Waals surface area contributed by atoms with Gasteiger partial charge in [-0.2, -0.15) is 0 Å². The Bertz CT molecular complexity index is 1560. The first-order chi connectivity index (χ1) is 15.9. The third-order valence-electron chi connectivity index (χ3n) is 7.05. The number of fused-ring (bicyclic) bond motifs is 6. The summed E-state index contributed by atoms with van der Waals surface area (Å²) in [7, 11) is 0. The second kappa shape index (κ2) is 6.83. The van der Waals surface area contributed by atoms with Gasteiger partial charge in [-0.1, -0.05) is 91.0 Å². The minimum Gasteiger partial charge on any atom is -0.310 e. The molecule has 1 fully saturated rings. The third kappa shape index (κ3) is 2.71. The zero-order chi connectivity index (χ0) is 21.1. The maximum atomic E-state index is 2.47. The lowest BCUT2D eigenvalue weighted by atomic mass is 9.95. The molecule has 1 nitrogen and oxygen atoms in total. The van der Waals surface area contributed by atoms with Crippen molar-refractivity contribution in [3.05, 3.63) is 121 Å². The molecule has 0 bridgehead atoms. The molecule has 0 N–H and O–H groups in total. The van der Waals surface area contributed by atoms with Crippen molar-refractivity contribution in [3.63, 3.8) is 0 Å². The Labute approximate surface area is 187 Å². The highest BCUT2D eigenvalue weighted by Crippen LogP contribution is 2.48. The molecule has 5 aromatic rings. The zero-order valence-electron chi connectivity index (χ0n) is 17.8. The van der Waals surface area contributed by atoms with Crippen LogP contribution in [-0.4, -0.2) is 0 Å². The maximum Gasteiger partial charge on any atom is 0.0546 e. The molecule has 0 aromatic heterocycles. The lowest BCUT2D eigenvalue weighted by Gasteiger charge is -2.29. The van der Waals surface area contributed by atoms with Crippen molar-refractivity contribution < 1.29 is 0 Å². The van der Waals surface area contributed by atoms with E-state index in [0.29, 0.717) is 5.92 Å². The molecule has 2 atom stereocenters. The normalized spacial score (nSPS) is 19.2. The van der Waals surface area contributed by atoms with Crippen LogP contribution in [0.1, 0.15) is 6.42 Å². The van der Waals surface area contributed by atoms with E-state index in [1.807, 2.05) is 0 Å². The van der Waals surface area contributed by atoms with Crippen molar-refractivity contribution in [2.75, 3.05) is 4.90 Å².